The van der Waals surface area contributed by atoms with Crippen molar-refractivity contribution in [3.8, 4) is 11.3 Å². The minimum Gasteiger partial charge on any atom is -0.352 e. The number of rotatable bonds is 6. The monoisotopic (exact) mass is 343 g/mol. The van der Waals surface area contributed by atoms with Crippen LogP contribution in [0.3, 0.4) is 0 Å². The van der Waals surface area contributed by atoms with Crippen molar-refractivity contribution in [3.63, 3.8) is 0 Å². The van der Waals surface area contributed by atoms with Crippen molar-refractivity contribution in [3.05, 3.63) is 40.7 Å². The summed E-state index contributed by atoms with van der Waals surface area (Å²) in [4.78, 5) is 19.2. The van der Waals surface area contributed by atoms with Crippen LogP contribution in [0.5, 0.6) is 0 Å². The molecule has 4 nitrogen and oxygen atoms in total. The van der Waals surface area contributed by atoms with Gasteiger partial charge < -0.3 is 10.2 Å². The van der Waals surface area contributed by atoms with Crippen molar-refractivity contribution in [1.82, 2.24) is 15.2 Å². The second-order valence-electron chi connectivity index (χ2n) is 6.96. The molecule has 0 unspecified atom stereocenters. The van der Waals surface area contributed by atoms with Crippen molar-refractivity contribution >= 4 is 17.2 Å². The van der Waals surface area contributed by atoms with E-state index in [1.807, 2.05) is 23.6 Å². The van der Waals surface area contributed by atoms with Gasteiger partial charge in [-0.25, -0.2) is 0 Å². The van der Waals surface area contributed by atoms with E-state index >= 15 is 0 Å². The van der Waals surface area contributed by atoms with Gasteiger partial charge in [0.05, 0.1) is 11.3 Å². The van der Waals surface area contributed by atoms with Crippen LogP contribution in [0.4, 0.5) is 0 Å². The lowest BCUT2D eigenvalue weighted by molar-refractivity contribution is 0.0947. The molecule has 0 aromatic carbocycles. The number of hydrogen-bond acceptors (Lipinski definition) is 4. The van der Waals surface area contributed by atoms with Crippen molar-refractivity contribution < 1.29 is 4.79 Å². The quantitative estimate of drug-likeness (QED) is 0.873. The minimum absolute atomic E-state index is 0.0262. The maximum atomic E-state index is 12.3. The van der Waals surface area contributed by atoms with Crippen molar-refractivity contribution in [2.24, 2.45) is 11.8 Å². The number of aromatic nitrogens is 1. The number of pyridine rings is 1. The minimum atomic E-state index is -0.0262. The number of nitrogens with zero attached hydrogens (tertiary/aromatic N) is 2. The SMILES string of the molecule is CC(C)CN1CC[C@H](CNC(=O)c2ccc(-c3ccsc3)nc2)C1. The van der Waals surface area contributed by atoms with Crippen LogP contribution >= 0.6 is 11.3 Å². The van der Waals surface area contributed by atoms with Crippen LogP contribution in [0.1, 0.15) is 30.6 Å². The lowest BCUT2D eigenvalue weighted by Crippen LogP contribution is -2.31. The summed E-state index contributed by atoms with van der Waals surface area (Å²) in [6.45, 7) is 8.64. The zero-order chi connectivity index (χ0) is 16.9. The van der Waals surface area contributed by atoms with Gasteiger partial charge in [0.1, 0.15) is 0 Å². The molecular formula is C19H25N3OS. The van der Waals surface area contributed by atoms with Gasteiger partial charge in [0.2, 0.25) is 0 Å². The summed E-state index contributed by atoms with van der Waals surface area (Å²) in [7, 11) is 0. The van der Waals surface area contributed by atoms with Crippen molar-refractivity contribution in [2.75, 3.05) is 26.2 Å². The van der Waals surface area contributed by atoms with E-state index in [-0.39, 0.29) is 5.91 Å². The molecule has 1 atom stereocenters. The van der Waals surface area contributed by atoms with Gasteiger partial charge in [-0.05, 0) is 48.4 Å². The number of nitrogens with one attached hydrogen (secondary N) is 1. The van der Waals surface area contributed by atoms with Crippen LogP contribution in [0, 0.1) is 11.8 Å². The number of thiophene rings is 1. The first-order valence-corrected chi connectivity index (χ1v) is 9.55. The molecule has 1 fully saturated rings. The third-order valence-corrected chi connectivity index (χ3v) is 5.07. The Morgan fingerprint density at radius 2 is 2.29 bits per heavy atom. The molecule has 2 aromatic heterocycles. The molecule has 3 rings (SSSR count). The summed E-state index contributed by atoms with van der Waals surface area (Å²) >= 11 is 1.65. The highest BCUT2D eigenvalue weighted by Gasteiger charge is 2.23. The Kier molecular flexibility index (Phi) is 5.63. The molecule has 0 spiro atoms. The van der Waals surface area contributed by atoms with Crippen LogP contribution in [0.2, 0.25) is 0 Å². The van der Waals surface area contributed by atoms with Gasteiger partial charge in [-0.15, -0.1) is 0 Å². The van der Waals surface area contributed by atoms with Crippen LogP contribution < -0.4 is 5.32 Å². The summed E-state index contributed by atoms with van der Waals surface area (Å²) in [5.74, 6) is 1.23. The molecule has 1 saturated heterocycles. The number of likely N-dealkylation sites (tertiary alicyclic amines) is 1. The van der Waals surface area contributed by atoms with E-state index in [9.17, 15) is 4.79 Å². The highest BCUT2D eigenvalue weighted by atomic mass is 32.1. The highest BCUT2D eigenvalue weighted by molar-refractivity contribution is 7.08. The predicted octanol–water partition coefficient (Wildman–Crippen LogP) is 3.52. The molecule has 0 bridgehead atoms. The number of amides is 1. The lowest BCUT2D eigenvalue weighted by atomic mass is 10.1. The molecule has 0 aliphatic carbocycles. The third kappa shape index (κ3) is 4.42. The topological polar surface area (TPSA) is 45.2 Å². The van der Waals surface area contributed by atoms with E-state index < -0.39 is 0 Å². The van der Waals surface area contributed by atoms with Crippen molar-refractivity contribution in [2.45, 2.75) is 20.3 Å². The molecule has 1 aliphatic heterocycles. The van der Waals surface area contributed by atoms with Gasteiger partial charge in [0.15, 0.2) is 0 Å². The Morgan fingerprint density at radius 3 is 2.96 bits per heavy atom. The first-order chi connectivity index (χ1) is 11.6. The molecule has 0 radical (unpaired) electrons. The maximum Gasteiger partial charge on any atom is 0.252 e. The third-order valence-electron chi connectivity index (χ3n) is 4.39. The van der Waals surface area contributed by atoms with Gasteiger partial charge in [-0.2, -0.15) is 11.3 Å². The summed E-state index contributed by atoms with van der Waals surface area (Å²) in [6.07, 6.45) is 2.84. The average molecular weight is 343 g/mol. The van der Waals surface area contributed by atoms with Crippen LogP contribution in [-0.2, 0) is 0 Å². The fourth-order valence-electron chi connectivity index (χ4n) is 3.21. The van der Waals surface area contributed by atoms with Crippen LogP contribution in [-0.4, -0.2) is 42.0 Å². The summed E-state index contributed by atoms with van der Waals surface area (Å²) in [5.41, 5.74) is 2.64. The normalized spacial score (nSPS) is 18.2. The van der Waals surface area contributed by atoms with E-state index in [1.165, 1.54) is 6.42 Å². The molecule has 1 amide bonds. The zero-order valence-corrected chi connectivity index (χ0v) is 15.2. The zero-order valence-electron chi connectivity index (χ0n) is 14.4. The molecule has 128 valence electrons. The van der Waals surface area contributed by atoms with Gasteiger partial charge in [-0.3, -0.25) is 9.78 Å². The summed E-state index contributed by atoms with van der Waals surface area (Å²) in [6, 6.07) is 5.81. The van der Waals surface area contributed by atoms with Crippen LogP contribution in [0.15, 0.2) is 35.2 Å². The van der Waals surface area contributed by atoms with E-state index in [0.29, 0.717) is 17.4 Å². The number of carbonyl (C=O) groups is 1. The number of hydrogen-bond donors (Lipinski definition) is 1. The largest absolute Gasteiger partial charge is 0.352 e. The second kappa shape index (κ2) is 7.90. The van der Waals surface area contributed by atoms with E-state index in [2.05, 4.69) is 34.4 Å². The van der Waals surface area contributed by atoms with E-state index in [0.717, 1.165) is 37.4 Å². The highest BCUT2D eigenvalue weighted by Crippen LogP contribution is 2.20. The Bertz CT molecular complexity index is 652. The summed E-state index contributed by atoms with van der Waals surface area (Å²) < 4.78 is 0. The van der Waals surface area contributed by atoms with Gasteiger partial charge >= 0.3 is 0 Å². The molecule has 1 N–H and O–H groups in total. The van der Waals surface area contributed by atoms with Gasteiger partial charge in [-0.1, -0.05) is 13.8 Å². The second-order valence-corrected chi connectivity index (χ2v) is 7.74. The Hall–Kier alpha value is -1.72. The Morgan fingerprint density at radius 1 is 1.42 bits per heavy atom. The van der Waals surface area contributed by atoms with E-state index in [4.69, 9.17) is 0 Å². The van der Waals surface area contributed by atoms with E-state index in [1.54, 1.807) is 17.5 Å². The molecule has 24 heavy (non-hydrogen) atoms. The fourth-order valence-corrected chi connectivity index (χ4v) is 3.86. The Labute approximate surface area is 147 Å². The van der Waals surface area contributed by atoms with Gasteiger partial charge in [0, 0.05) is 36.8 Å². The molecule has 0 saturated carbocycles. The van der Waals surface area contributed by atoms with Crippen molar-refractivity contribution in [1.29, 1.82) is 0 Å². The summed E-state index contributed by atoms with van der Waals surface area (Å²) in [5, 5.41) is 7.16. The fraction of sp³-hybridized carbons (Fsp3) is 0.474. The first kappa shape index (κ1) is 17.1. The molecule has 5 heteroatoms. The van der Waals surface area contributed by atoms with Crippen LogP contribution in [0.25, 0.3) is 11.3 Å². The average Bonchev–Trinajstić information content (AvgIpc) is 3.24. The smallest absolute Gasteiger partial charge is 0.252 e. The predicted molar refractivity (Wildman–Crippen MR) is 99.3 cm³/mol. The molecule has 3 heterocycles. The first-order valence-electron chi connectivity index (χ1n) is 8.61. The molecule has 1 aliphatic rings. The Balaban J connectivity index is 1.49. The molecular weight excluding hydrogens is 318 g/mol. The standard InChI is InChI=1S/C19H25N3OS/c1-14(2)11-22-7-5-15(12-22)9-21-19(23)16-3-4-18(20-10-16)17-6-8-24-13-17/h3-4,6,8,10,13-15H,5,7,9,11-12H2,1-2H3,(H,21,23)/t15-/m1/s1. The lowest BCUT2D eigenvalue weighted by Gasteiger charge is -2.18. The molecule has 2 aromatic rings. The maximum absolute atomic E-state index is 12.3. The number of carbonyl (C=O) groups excluding carboxylic acids is 1. The van der Waals surface area contributed by atoms with Gasteiger partial charge in [0.25, 0.3) is 5.91 Å².